The van der Waals surface area contributed by atoms with E-state index in [0.29, 0.717) is 0 Å². The molecule has 2 heterocycles. The lowest BCUT2D eigenvalue weighted by Crippen LogP contribution is -2.20. The highest BCUT2D eigenvalue weighted by Crippen LogP contribution is 2.40. The first-order valence-corrected chi connectivity index (χ1v) is 7.94. The highest BCUT2D eigenvalue weighted by atomic mass is 32.1. The molecule has 1 unspecified atom stereocenters. The Morgan fingerprint density at radius 3 is 2.75 bits per heavy atom. The highest BCUT2D eigenvalue weighted by Gasteiger charge is 2.32. The summed E-state index contributed by atoms with van der Waals surface area (Å²) in [5.74, 6) is 1.04. The van der Waals surface area contributed by atoms with E-state index in [1.54, 1.807) is 11.3 Å². The molecular formula is C17H21NOS. The molecule has 0 radical (unpaired) electrons. The average Bonchev–Trinajstić information content (AvgIpc) is 2.96. The summed E-state index contributed by atoms with van der Waals surface area (Å²) < 4.78 is 5.78. The molecule has 0 saturated carbocycles. The largest absolute Gasteiger partial charge is 0.492 e. The van der Waals surface area contributed by atoms with Crippen LogP contribution in [-0.2, 0) is 5.41 Å². The quantitative estimate of drug-likeness (QED) is 0.920. The summed E-state index contributed by atoms with van der Waals surface area (Å²) in [7, 11) is 2.02. The van der Waals surface area contributed by atoms with E-state index in [1.165, 1.54) is 22.3 Å². The summed E-state index contributed by atoms with van der Waals surface area (Å²) in [6.07, 6.45) is 0. The second-order valence-corrected chi connectivity index (χ2v) is 6.90. The Kier molecular flexibility index (Phi) is 3.35. The zero-order valence-corrected chi connectivity index (χ0v) is 13.3. The van der Waals surface area contributed by atoms with Crippen LogP contribution in [0.5, 0.6) is 5.75 Å². The smallest absolute Gasteiger partial charge is 0.123 e. The van der Waals surface area contributed by atoms with Gasteiger partial charge < -0.3 is 10.1 Å². The minimum absolute atomic E-state index is 0.104. The molecule has 0 aliphatic carbocycles. The number of aryl methyl sites for hydroxylation is 1. The van der Waals surface area contributed by atoms with Gasteiger partial charge >= 0.3 is 0 Å². The van der Waals surface area contributed by atoms with Gasteiger partial charge in [-0.3, -0.25) is 0 Å². The molecule has 2 aromatic rings. The van der Waals surface area contributed by atoms with E-state index in [0.717, 1.165) is 12.4 Å². The van der Waals surface area contributed by atoms with Crippen molar-refractivity contribution < 1.29 is 4.74 Å². The Balaban J connectivity index is 2.04. The van der Waals surface area contributed by atoms with E-state index < -0.39 is 0 Å². The maximum atomic E-state index is 5.78. The molecule has 1 aliphatic rings. The maximum absolute atomic E-state index is 5.78. The third-order valence-corrected chi connectivity index (χ3v) is 5.03. The molecule has 0 saturated heterocycles. The monoisotopic (exact) mass is 287 g/mol. The van der Waals surface area contributed by atoms with Gasteiger partial charge in [-0.25, -0.2) is 0 Å². The molecule has 3 rings (SSSR count). The zero-order chi connectivity index (χ0) is 14.3. The first-order valence-electron chi connectivity index (χ1n) is 7.00. The zero-order valence-electron chi connectivity index (χ0n) is 12.5. The van der Waals surface area contributed by atoms with E-state index in [9.17, 15) is 0 Å². The summed E-state index contributed by atoms with van der Waals surface area (Å²) in [6, 6.07) is 6.85. The molecule has 1 atom stereocenters. The molecule has 1 aromatic carbocycles. The lowest BCUT2D eigenvalue weighted by molar-refractivity contribution is 0.291. The molecule has 0 fully saturated rings. The fourth-order valence-electron chi connectivity index (χ4n) is 2.89. The minimum Gasteiger partial charge on any atom is -0.492 e. The average molecular weight is 287 g/mol. The molecule has 1 N–H and O–H groups in total. The van der Waals surface area contributed by atoms with Gasteiger partial charge in [0.2, 0.25) is 0 Å². The molecule has 106 valence electrons. The van der Waals surface area contributed by atoms with Crippen LogP contribution in [0.25, 0.3) is 0 Å². The number of nitrogens with one attached hydrogen (secondary N) is 1. The van der Waals surface area contributed by atoms with Gasteiger partial charge in [0.25, 0.3) is 0 Å². The van der Waals surface area contributed by atoms with Gasteiger partial charge in [0.15, 0.2) is 0 Å². The van der Waals surface area contributed by atoms with Gasteiger partial charge in [-0.05, 0) is 53.6 Å². The Labute approximate surface area is 124 Å². The van der Waals surface area contributed by atoms with E-state index in [1.807, 2.05) is 7.05 Å². The standard InChI is InChI=1S/C17H21NOS/c1-11-8-20-9-13(11)16(18-4)12-5-6-15-14(7-12)17(2,3)10-19-15/h5-9,16,18H,10H2,1-4H3. The predicted molar refractivity (Wildman–Crippen MR) is 84.9 cm³/mol. The highest BCUT2D eigenvalue weighted by molar-refractivity contribution is 7.08. The number of rotatable bonds is 3. The van der Waals surface area contributed by atoms with Crippen molar-refractivity contribution >= 4 is 11.3 Å². The molecule has 0 bridgehead atoms. The van der Waals surface area contributed by atoms with Crippen LogP contribution in [-0.4, -0.2) is 13.7 Å². The summed E-state index contributed by atoms with van der Waals surface area (Å²) >= 11 is 1.77. The van der Waals surface area contributed by atoms with E-state index in [2.05, 4.69) is 55.0 Å². The topological polar surface area (TPSA) is 21.3 Å². The Hall–Kier alpha value is -1.32. The van der Waals surface area contributed by atoms with Crippen molar-refractivity contribution in [3.63, 3.8) is 0 Å². The van der Waals surface area contributed by atoms with E-state index >= 15 is 0 Å². The van der Waals surface area contributed by atoms with Crippen molar-refractivity contribution in [2.75, 3.05) is 13.7 Å². The van der Waals surface area contributed by atoms with Gasteiger partial charge in [-0.15, -0.1) is 0 Å². The summed E-state index contributed by atoms with van der Waals surface area (Å²) in [6.45, 7) is 7.43. The maximum Gasteiger partial charge on any atom is 0.123 e. The normalized spacial score (nSPS) is 17.6. The summed E-state index contributed by atoms with van der Waals surface area (Å²) in [4.78, 5) is 0. The minimum atomic E-state index is 0.104. The third kappa shape index (κ3) is 2.15. The van der Waals surface area contributed by atoms with Crippen molar-refractivity contribution in [1.82, 2.24) is 5.32 Å². The molecule has 2 nitrogen and oxygen atoms in total. The molecule has 1 aliphatic heterocycles. The van der Waals surface area contributed by atoms with E-state index in [4.69, 9.17) is 4.74 Å². The van der Waals surface area contributed by atoms with Crippen LogP contribution >= 0.6 is 11.3 Å². The van der Waals surface area contributed by atoms with Gasteiger partial charge in [0.05, 0.1) is 12.6 Å². The summed E-state index contributed by atoms with van der Waals surface area (Å²) in [5.41, 5.74) is 5.46. The van der Waals surface area contributed by atoms with Crippen LogP contribution in [0.1, 0.15) is 42.1 Å². The fraction of sp³-hybridized carbons (Fsp3) is 0.412. The number of thiophene rings is 1. The number of ether oxygens (including phenoxy) is 1. The van der Waals surface area contributed by atoms with Crippen LogP contribution in [0.15, 0.2) is 29.0 Å². The molecule has 0 spiro atoms. The first-order chi connectivity index (χ1) is 9.53. The van der Waals surface area contributed by atoms with Gasteiger partial charge in [0.1, 0.15) is 5.75 Å². The van der Waals surface area contributed by atoms with Gasteiger partial charge in [-0.1, -0.05) is 19.9 Å². The van der Waals surface area contributed by atoms with Crippen molar-refractivity contribution in [3.05, 3.63) is 51.2 Å². The predicted octanol–water partition coefficient (Wildman–Crippen LogP) is 4.04. The Bertz CT molecular complexity index is 630. The SMILES string of the molecule is CNC(c1ccc2c(c1)C(C)(C)CO2)c1cscc1C. The number of hydrogen-bond donors (Lipinski definition) is 1. The number of fused-ring (bicyclic) bond motifs is 1. The van der Waals surface area contributed by atoms with Crippen LogP contribution in [0.2, 0.25) is 0 Å². The number of hydrogen-bond acceptors (Lipinski definition) is 3. The fourth-order valence-corrected chi connectivity index (χ4v) is 3.76. The summed E-state index contributed by atoms with van der Waals surface area (Å²) in [5, 5.41) is 7.90. The Morgan fingerprint density at radius 1 is 1.30 bits per heavy atom. The molecule has 3 heteroatoms. The lowest BCUT2D eigenvalue weighted by Gasteiger charge is -2.20. The van der Waals surface area contributed by atoms with Crippen LogP contribution < -0.4 is 10.1 Å². The number of benzene rings is 1. The van der Waals surface area contributed by atoms with Crippen molar-refractivity contribution in [2.24, 2.45) is 0 Å². The van der Waals surface area contributed by atoms with Crippen molar-refractivity contribution in [2.45, 2.75) is 32.2 Å². The van der Waals surface area contributed by atoms with Crippen molar-refractivity contribution in [1.29, 1.82) is 0 Å². The van der Waals surface area contributed by atoms with Gasteiger partial charge in [-0.2, -0.15) is 11.3 Å². The van der Waals surface area contributed by atoms with Crippen LogP contribution in [0.3, 0.4) is 0 Å². The van der Waals surface area contributed by atoms with Crippen LogP contribution in [0, 0.1) is 6.92 Å². The second-order valence-electron chi connectivity index (χ2n) is 6.16. The molecule has 0 amide bonds. The third-order valence-electron chi connectivity index (χ3n) is 4.15. The Morgan fingerprint density at radius 2 is 2.10 bits per heavy atom. The van der Waals surface area contributed by atoms with Crippen LogP contribution in [0.4, 0.5) is 0 Å². The van der Waals surface area contributed by atoms with Gasteiger partial charge in [0, 0.05) is 11.0 Å². The van der Waals surface area contributed by atoms with E-state index in [-0.39, 0.29) is 11.5 Å². The van der Waals surface area contributed by atoms with Crippen molar-refractivity contribution in [3.8, 4) is 5.75 Å². The second kappa shape index (κ2) is 4.90. The first kappa shape index (κ1) is 13.7. The molecular weight excluding hydrogens is 266 g/mol. The molecule has 1 aromatic heterocycles. The molecule has 20 heavy (non-hydrogen) atoms. The lowest BCUT2D eigenvalue weighted by atomic mass is 9.85.